The molecule has 1 aromatic heterocycles. The molecule has 0 amide bonds. The topological polar surface area (TPSA) is 22.1 Å². The number of ether oxygens (including phenoxy) is 1. The molecular weight excluding hydrogens is 236 g/mol. The first-order valence-corrected chi connectivity index (χ1v) is 3.29. The third-order valence-electron chi connectivity index (χ3n) is 1.17. The van der Waals surface area contributed by atoms with Gasteiger partial charge >= 0.3 is 0 Å². The SMILES string of the molecule is CCOc1ncc(F)c(F)c1F.[Zn]. The maximum absolute atomic E-state index is 12.6. The summed E-state index contributed by atoms with van der Waals surface area (Å²) < 4.78 is 41.9. The van der Waals surface area contributed by atoms with Gasteiger partial charge in [-0.1, -0.05) is 0 Å². The van der Waals surface area contributed by atoms with Crippen LogP contribution in [-0.4, -0.2) is 11.6 Å². The summed E-state index contributed by atoms with van der Waals surface area (Å²) in [5.74, 6) is -4.79. The van der Waals surface area contributed by atoms with Crippen LogP contribution in [0.4, 0.5) is 13.2 Å². The van der Waals surface area contributed by atoms with E-state index in [0.717, 1.165) is 0 Å². The van der Waals surface area contributed by atoms with Crippen LogP contribution in [-0.2, 0) is 19.5 Å². The van der Waals surface area contributed by atoms with Gasteiger partial charge in [0, 0.05) is 19.5 Å². The molecule has 0 saturated carbocycles. The Balaban J connectivity index is 0.00000144. The average Bonchev–Trinajstić information content (AvgIpc) is 2.07. The van der Waals surface area contributed by atoms with Gasteiger partial charge in [0.05, 0.1) is 12.8 Å². The fraction of sp³-hybridized carbons (Fsp3) is 0.286. The molecule has 0 bridgehead atoms. The summed E-state index contributed by atoms with van der Waals surface area (Å²) in [6, 6.07) is 0. The van der Waals surface area contributed by atoms with Crippen molar-refractivity contribution in [3.8, 4) is 5.88 Å². The van der Waals surface area contributed by atoms with E-state index < -0.39 is 23.3 Å². The smallest absolute Gasteiger partial charge is 0.253 e. The minimum Gasteiger partial charge on any atom is -0.476 e. The summed E-state index contributed by atoms with van der Waals surface area (Å²) in [7, 11) is 0. The largest absolute Gasteiger partial charge is 0.476 e. The summed E-state index contributed by atoms with van der Waals surface area (Å²) in [5, 5.41) is 0. The summed E-state index contributed by atoms with van der Waals surface area (Å²) in [6.45, 7) is 1.73. The van der Waals surface area contributed by atoms with Crippen molar-refractivity contribution in [2.24, 2.45) is 0 Å². The van der Waals surface area contributed by atoms with Crippen LogP contribution >= 0.6 is 0 Å². The molecule has 6 heteroatoms. The van der Waals surface area contributed by atoms with Crippen LogP contribution < -0.4 is 4.74 Å². The Morgan fingerprint density at radius 3 is 2.46 bits per heavy atom. The molecule has 0 saturated heterocycles. The third-order valence-corrected chi connectivity index (χ3v) is 1.17. The molecule has 1 heterocycles. The van der Waals surface area contributed by atoms with E-state index in [4.69, 9.17) is 0 Å². The van der Waals surface area contributed by atoms with Crippen LogP contribution in [0.25, 0.3) is 0 Å². The Labute approximate surface area is 85.9 Å². The normalized spacial score (nSPS) is 9.23. The van der Waals surface area contributed by atoms with Crippen LogP contribution in [0.3, 0.4) is 0 Å². The van der Waals surface area contributed by atoms with Crippen LogP contribution in [0.5, 0.6) is 5.88 Å². The molecule has 0 unspecified atom stereocenters. The summed E-state index contributed by atoms with van der Waals surface area (Å²) in [4.78, 5) is 3.22. The van der Waals surface area contributed by atoms with Crippen LogP contribution in [0.1, 0.15) is 6.92 Å². The van der Waals surface area contributed by atoms with Crippen LogP contribution in [0.2, 0.25) is 0 Å². The van der Waals surface area contributed by atoms with Crippen LogP contribution in [0, 0.1) is 17.5 Å². The maximum Gasteiger partial charge on any atom is 0.253 e. The molecule has 0 radical (unpaired) electrons. The Morgan fingerprint density at radius 2 is 1.92 bits per heavy atom. The second kappa shape index (κ2) is 5.17. The van der Waals surface area contributed by atoms with Crippen molar-refractivity contribution in [1.82, 2.24) is 4.98 Å². The van der Waals surface area contributed by atoms with E-state index in [1.807, 2.05) is 0 Å². The minimum atomic E-state index is -1.56. The van der Waals surface area contributed by atoms with E-state index in [2.05, 4.69) is 9.72 Å². The molecule has 0 N–H and O–H groups in total. The van der Waals surface area contributed by atoms with Gasteiger partial charge in [-0.2, -0.15) is 4.39 Å². The van der Waals surface area contributed by atoms with Gasteiger partial charge in [0.15, 0.2) is 5.82 Å². The van der Waals surface area contributed by atoms with E-state index in [9.17, 15) is 13.2 Å². The zero-order valence-corrected chi connectivity index (χ0v) is 9.95. The Kier molecular flexibility index (Phi) is 4.92. The van der Waals surface area contributed by atoms with Crippen molar-refractivity contribution >= 4 is 0 Å². The first-order valence-electron chi connectivity index (χ1n) is 3.29. The van der Waals surface area contributed by atoms with Gasteiger partial charge in [0.2, 0.25) is 11.6 Å². The number of pyridine rings is 1. The number of halogens is 3. The number of hydrogen-bond donors (Lipinski definition) is 0. The van der Waals surface area contributed by atoms with Crippen molar-refractivity contribution in [2.75, 3.05) is 6.61 Å². The second-order valence-corrected chi connectivity index (χ2v) is 1.97. The molecule has 68 valence electrons. The zero-order valence-electron chi connectivity index (χ0n) is 6.98. The molecule has 0 aromatic carbocycles. The predicted octanol–water partition coefficient (Wildman–Crippen LogP) is 1.90. The van der Waals surface area contributed by atoms with E-state index in [1.54, 1.807) is 6.92 Å². The number of nitrogens with zero attached hydrogens (tertiary/aromatic N) is 1. The first-order chi connectivity index (χ1) is 5.66. The van der Waals surface area contributed by atoms with Crippen molar-refractivity contribution in [2.45, 2.75) is 6.92 Å². The van der Waals surface area contributed by atoms with Crippen molar-refractivity contribution in [3.63, 3.8) is 0 Å². The standard InChI is InChI=1S/C7H6F3NO.Zn/c1-2-12-7-6(10)5(9)4(8)3-11-7;/h3H,2H2,1H3;. The van der Waals surface area contributed by atoms with Gasteiger partial charge in [0.1, 0.15) is 0 Å². The van der Waals surface area contributed by atoms with Gasteiger partial charge in [0.25, 0.3) is 5.88 Å². The van der Waals surface area contributed by atoms with Crippen molar-refractivity contribution < 1.29 is 37.4 Å². The monoisotopic (exact) mass is 241 g/mol. The second-order valence-electron chi connectivity index (χ2n) is 1.97. The number of hydrogen-bond acceptors (Lipinski definition) is 2. The fourth-order valence-corrected chi connectivity index (χ4v) is 0.665. The van der Waals surface area contributed by atoms with Gasteiger partial charge in [-0.3, -0.25) is 0 Å². The predicted molar refractivity (Wildman–Crippen MR) is 35.3 cm³/mol. The van der Waals surface area contributed by atoms with Gasteiger partial charge in [-0.05, 0) is 6.92 Å². The molecule has 1 rings (SSSR count). The molecule has 0 aliphatic rings. The molecule has 2 nitrogen and oxygen atoms in total. The minimum absolute atomic E-state index is 0. The Morgan fingerprint density at radius 1 is 1.31 bits per heavy atom. The summed E-state index contributed by atoms with van der Waals surface area (Å²) >= 11 is 0. The van der Waals surface area contributed by atoms with Crippen molar-refractivity contribution in [1.29, 1.82) is 0 Å². The molecular formula is C7H6F3NOZn. The molecule has 0 fully saturated rings. The maximum atomic E-state index is 12.6. The third kappa shape index (κ3) is 2.66. The van der Waals surface area contributed by atoms with E-state index in [0.29, 0.717) is 6.20 Å². The average molecular weight is 243 g/mol. The summed E-state index contributed by atoms with van der Waals surface area (Å²) in [5.41, 5.74) is 0. The summed E-state index contributed by atoms with van der Waals surface area (Å²) in [6.07, 6.45) is 0.573. The zero-order chi connectivity index (χ0) is 9.14. The van der Waals surface area contributed by atoms with Gasteiger partial charge in [-0.15, -0.1) is 0 Å². The van der Waals surface area contributed by atoms with E-state index in [1.165, 1.54) is 0 Å². The van der Waals surface area contributed by atoms with Crippen molar-refractivity contribution in [3.05, 3.63) is 23.6 Å². The molecule has 13 heavy (non-hydrogen) atoms. The Bertz CT molecular complexity index is 295. The molecule has 0 aliphatic carbocycles. The van der Waals surface area contributed by atoms with Crippen LogP contribution in [0.15, 0.2) is 6.20 Å². The molecule has 0 aliphatic heterocycles. The quantitative estimate of drug-likeness (QED) is 0.739. The van der Waals surface area contributed by atoms with E-state index >= 15 is 0 Å². The van der Waals surface area contributed by atoms with Gasteiger partial charge < -0.3 is 4.74 Å². The Hall–Kier alpha value is -0.637. The molecule has 0 spiro atoms. The van der Waals surface area contributed by atoms with E-state index in [-0.39, 0.29) is 26.1 Å². The molecule has 1 aromatic rings. The molecule has 0 atom stereocenters. The number of aromatic nitrogens is 1. The number of rotatable bonds is 2. The van der Waals surface area contributed by atoms with Gasteiger partial charge in [-0.25, -0.2) is 13.8 Å². The fourth-order valence-electron chi connectivity index (χ4n) is 0.665. The first kappa shape index (κ1) is 12.4.